The molecule has 1 aliphatic rings. The van der Waals surface area contributed by atoms with Crippen molar-refractivity contribution in [1.29, 1.82) is 0 Å². The van der Waals surface area contributed by atoms with Gasteiger partial charge in [-0.1, -0.05) is 37.7 Å². The SMILES string of the molecule is CCN(Cc1ccc(F)c(C#CCN)c1)C1CCCC1. The molecule has 0 aliphatic heterocycles. The fourth-order valence-corrected chi connectivity index (χ4v) is 2.92. The van der Waals surface area contributed by atoms with Crippen LogP contribution in [0.25, 0.3) is 0 Å². The molecule has 0 amide bonds. The Balaban J connectivity index is 2.11. The lowest BCUT2D eigenvalue weighted by atomic mass is 10.1. The van der Waals surface area contributed by atoms with Crippen molar-refractivity contribution in [1.82, 2.24) is 4.90 Å². The fourth-order valence-electron chi connectivity index (χ4n) is 2.92. The molecule has 1 saturated carbocycles. The minimum atomic E-state index is -0.265. The first-order valence-electron chi connectivity index (χ1n) is 7.46. The van der Waals surface area contributed by atoms with E-state index >= 15 is 0 Å². The van der Waals surface area contributed by atoms with Crippen LogP contribution in [0.3, 0.4) is 0 Å². The van der Waals surface area contributed by atoms with Gasteiger partial charge in [0.05, 0.1) is 12.1 Å². The van der Waals surface area contributed by atoms with Crippen LogP contribution in [-0.4, -0.2) is 24.0 Å². The largest absolute Gasteiger partial charge is 0.320 e. The maximum Gasteiger partial charge on any atom is 0.138 e. The molecule has 1 aromatic carbocycles. The molecular weight excluding hydrogens is 251 g/mol. The first-order valence-corrected chi connectivity index (χ1v) is 7.46. The quantitative estimate of drug-likeness (QED) is 0.855. The van der Waals surface area contributed by atoms with Gasteiger partial charge < -0.3 is 5.73 Å². The Morgan fingerprint density at radius 1 is 1.35 bits per heavy atom. The maximum absolute atomic E-state index is 13.7. The predicted octanol–water partition coefficient (Wildman–Crippen LogP) is 2.90. The number of nitrogens with zero attached hydrogens (tertiary/aromatic N) is 1. The highest BCUT2D eigenvalue weighted by Gasteiger charge is 2.21. The number of nitrogens with two attached hydrogens (primary N) is 1. The number of hydrogen-bond donors (Lipinski definition) is 1. The van der Waals surface area contributed by atoms with Gasteiger partial charge in [0.25, 0.3) is 0 Å². The molecule has 0 atom stereocenters. The van der Waals surface area contributed by atoms with Crippen molar-refractivity contribution in [3.05, 3.63) is 35.1 Å². The fraction of sp³-hybridized carbons (Fsp3) is 0.529. The second kappa shape index (κ2) is 7.42. The molecule has 2 nitrogen and oxygen atoms in total. The van der Waals surface area contributed by atoms with Crippen LogP contribution in [0.15, 0.2) is 18.2 Å². The van der Waals surface area contributed by atoms with Crippen molar-refractivity contribution in [2.75, 3.05) is 13.1 Å². The minimum absolute atomic E-state index is 0.257. The van der Waals surface area contributed by atoms with Gasteiger partial charge >= 0.3 is 0 Å². The molecular formula is C17H23FN2. The summed E-state index contributed by atoms with van der Waals surface area (Å²) < 4.78 is 13.7. The van der Waals surface area contributed by atoms with E-state index in [1.54, 1.807) is 0 Å². The van der Waals surface area contributed by atoms with Gasteiger partial charge in [-0.3, -0.25) is 4.90 Å². The van der Waals surface area contributed by atoms with E-state index < -0.39 is 0 Å². The molecule has 0 saturated heterocycles. The van der Waals surface area contributed by atoms with Gasteiger partial charge in [-0.25, -0.2) is 4.39 Å². The van der Waals surface area contributed by atoms with E-state index in [0.29, 0.717) is 11.6 Å². The van der Waals surface area contributed by atoms with Gasteiger partial charge in [0.1, 0.15) is 5.82 Å². The summed E-state index contributed by atoms with van der Waals surface area (Å²) >= 11 is 0. The third-order valence-corrected chi connectivity index (χ3v) is 3.99. The first kappa shape index (κ1) is 15.0. The molecule has 108 valence electrons. The molecule has 0 aromatic heterocycles. The lowest BCUT2D eigenvalue weighted by Crippen LogP contribution is -2.32. The summed E-state index contributed by atoms with van der Waals surface area (Å²) in [4.78, 5) is 2.49. The lowest BCUT2D eigenvalue weighted by molar-refractivity contribution is 0.200. The third-order valence-electron chi connectivity index (χ3n) is 3.99. The van der Waals surface area contributed by atoms with Crippen LogP contribution in [0.1, 0.15) is 43.7 Å². The van der Waals surface area contributed by atoms with E-state index in [9.17, 15) is 4.39 Å². The zero-order valence-electron chi connectivity index (χ0n) is 12.2. The summed E-state index contributed by atoms with van der Waals surface area (Å²) in [6, 6.07) is 5.91. The monoisotopic (exact) mass is 274 g/mol. The van der Waals surface area contributed by atoms with Crippen LogP contribution < -0.4 is 5.73 Å². The first-order chi connectivity index (χ1) is 9.74. The van der Waals surface area contributed by atoms with Gasteiger partial charge in [0.15, 0.2) is 0 Å². The van der Waals surface area contributed by atoms with E-state index in [1.165, 1.54) is 31.7 Å². The molecule has 1 aromatic rings. The molecule has 0 unspecified atom stereocenters. The number of hydrogen-bond acceptors (Lipinski definition) is 2. The standard InChI is InChI=1S/C17H23FN2/c1-2-20(16-7-3-4-8-16)13-14-9-10-17(18)15(12-14)6-5-11-19/h9-10,12,16H,2-4,7-8,11,13,19H2,1H3. The van der Waals surface area contributed by atoms with Gasteiger partial charge in [-0.15, -0.1) is 0 Å². The zero-order chi connectivity index (χ0) is 14.4. The van der Waals surface area contributed by atoms with E-state index in [2.05, 4.69) is 23.7 Å². The number of rotatable bonds is 4. The van der Waals surface area contributed by atoms with Gasteiger partial charge in [-0.2, -0.15) is 0 Å². The summed E-state index contributed by atoms with van der Waals surface area (Å²) in [5.74, 6) is 5.26. The third kappa shape index (κ3) is 3.82. The van der Waals surface area contributed by atoms with E-state index in [1.807, 2.05) is 12.1 Å². The molecule has 1 fully saturated rings. The van der Waals surface area contributed by atoms with E-state index in [0.717, 1.165) is 18.7 Å². The molecule has 0 spiro atoms. The van der Waals surface area contributed by atoms with Gasteiger partial charge in [0.2, 0.25) is 0 Å². The zero-order valence-corrected chi connectivity index (χ0v) is 12.2. The maximum atomic E-state index is 13.7. The van der Waals surface area contributed by atoms with Crippen molar-refractivity contribution in [3.63, 3.8) is 0 Å². The Morgan fingerprint density at radius 3 is 2.75 bits per heavy atom. The highest BCUT2D eigenvalue weighted by atomic mass is 19.1. The average Bonchev–Trinajstić information content (AvgIpc) is 2.99. The molecule has 0 bridgehead atoms. The smallest absolute Gasteiger partial charge is 0.138 e. The Bertz CT molecular complexity index is 495. The second-order valence-corrected chi connectivity index (χ2v) is 5.32. The van der Waals surface area contributed by atoms with Crippen molar-refractivity contribution in [2.24, 2.45) is 5.73 Å². The highest BCUT2D eigenvalue weighted by Crippen LogP contribution is 2.25. The second-order valence-electron chi connectivity index (χ2n) is 5.32. The number of benzene rings is 1. The van der Waals surface area contributed by atoms with Crippen LogP contribution in [-0.2, 0) is 6.54 Å². The van der Waals surface area contributed by atoms with Crippen molar-refractivity contribution < 1.29 is 4.39 Å². The van der Waals surface area contributed by atoms with E-state index in [4.69, 9.17) is 5.73 Å². The minimum Gasteiger partial charge on any atom is -0.320 e. The van der Waals surface area contributed by atoms with Gasteiger partial charge in [-0.05, 0) is 37.1 Å². The summed E-state index contributed by atoms with van der Waals surface area (Å²) in [7, 11) is 0. The molecule has 3 heteroatoms. The Labute approximate surface area is 121 Å². The molecule has 2 rings (SSSR count). The van der Waals surface area contributed by atoms with Crippen LogP contribution >= 0.6 is 0 Å². The predicted molar refractivity (Wildman–Crippen MR) is 80.7 cm³/mol. The van der Waals surface area contributed by atoms with Crippen LogP contribution in [0, 0.1) is 17.7 Å². The van der Waals surface area contributed by atoms with Crippen molar-refractivity contribution in [2.45, 2.75) is 45.2 Å². The summed E-state index contributed by atoms with van der Waals surface area (Å²) in [5, 5.41) is 0. The van der Waals surface area contributed by atoms with Crippen LogP contribution in [0.2, 0.25) is 0 Å². The van der Waals surface area contributed by atoms with Crippen LogP contribution in [0.5, 0.6) is 0 Å². The van der Waals surface area contributed by atoms with Gasteiger partial charge in [0, 0.05) is 12.6 Å². The molecule has 20 heavy (non-hydrogen) atoms. The summed E-state index contributed by atoms with van der Waals surface area (Å²) in [6.07, 6.45) is 5.24. The van der Waals surface area contributed by atoms with Crippen LogP contribution in [0.4, 0.5) is 4.39 Å². The summed E-state index contributed by atoms with van der Waals surface area (Å²) in [5.41, 5.74) is 6.93. The number of halogens is 1. The van der Waals surface area contributed by atoms with E-state index in [-0.39, 0.29) is 12.4 Å². The lowest BCUT2D eigenvalue weighted by Gasteiger charge is -2.27. The Hall–Kier alpha value is -1.37. The average molecular weight is 274 g/mol. The Morgan fingerprint density at radius 2 is 2.10 bits per heavy atom. The normalized spacial score (nSPS) is 15.4. The summed E-state index contributed by atoms with van der Waals surface area (Å²) in [6.45, 7) is 4.36. The van der Waals surface area contributed by atoms with Crippen molar-refractivity contribution in [3.8, 4) is 11.8 Å². The highest BCUT2D eigenvalue weighted by molar-refractivity contribution is 5.38. The molecule has 2 N–H and O–H groups in total. The molecule has 1 aliphatic carbocycles. The topological polar surface area (TPSA) is 29.3 Å². The molecule has 0 radical (unpaired) electrons. The van der Waals surface area contributed by atoms with Crippen molar-refractivity contribution >= 4 is 0 Å². The molecule has 0 heterocycles. The Kier molecular flexibility index (Phi) is 5.58.